The Morgan fingerprint density at radius 1 is 1.38 bits per heavy atom. The highest BCUT2D eigenvalue weighted by molar-refractivity contribution is 9.10. The number of nitrogens with one attached hydrogen (secondary N) is 2. The predicted molar refractivity (Wildman–Crippen MR) is 100.0 cm³/mol. The lowest BCUT2D eigenvalue weighted by Crippen LogP contribution is -2.44. The number of hydrogen-bond donors (Lipinski definition) is 4. The molecule has 1 aromatic rings. The first-order valence-corrected chi connectivity index (χ1v) is 8.84. The summed E-state index contributed by atoms with van der Waals surface area (Å²) in [6.45, 7) is 3.02. The van der Waals surface area contributed by atoms with Crippen molar-refractivity contribution in [1.82, 2.24) is 15.5 Å². The fourth-order valence-electron chi connectivity index (χ4n) is 2.91. The molecule has 2 rings (SSSR count). The first-order valence-electron chi connectivity index (χ1n) is 8.05. The Morgan fingerprint density at radius 3 is 2.88 bits per heavy atom. The summed E-state index contributed by atoms with van der Waals surface area (Å²) in [6.07, 6.45) is 1.92. The zero-order chi connectivity index (χ0) is 17.5. The van der Waals surface area contributed by atoms with Crippen LogP contribution in [0.1, 0.15) is 18.4 Å². The van der Waals surface area contributed by atoms with E-state index in [-0.39, 0.29) is 17.9 Å². The molecule has 8 heteroatoms. The summed E-state index contributed by atoms with van der Waals surface area (Å²) in [4.78, 5) is 18.7. The third kappa shape index (κ3) is 5.47. The summed E-state index contributed by atoms with van der Waals surface area (Å²) in [5.41, 5.74) is 12.7. The van der Waals surface area contributed by atoms with Crippen LogP contribution in [0.3, 0.4) is 0 Å². The molecule has 1 atom stereocenters. The van der Waals surface area contributed by atoms with Gasteiger partial charge in [0.1, 0.15) is 0 Å². The van der Waals surface area contributed by atoms with E-state index in [1.54, 1.807) is 0 Å². The average Bonchev–Trinajstić information content (AvgIpc) is 2.94. The van der Waals surface area contributed by atoms with Gasteiger partial charge >= 0.3 is 0 Å². The first-order chi connectivity index (χ1) is 11.5. The maximum Gasteiger partial charge on any atom is 0.237 e. The van der Waals surface area contributed by atoms with Gasteiger partial charge in [0.25, 0.3) is 0 Å². The van der Waals surface area contributed by atoms with Crippen LogP contribution >= 0.6 is 15.9 Å². The molecule has 0 radical (unpaired) electrons. The van der Waals surface area contributed by atoms with Crippen LogP contribution < -0.4 is 22.1 Å². The van der Waals surface area contributed by atoms with Gasteiger partial charge < -0.3 is 22.1 Å². The van der Waals surface area contributed by atoms with Crippen LogP contribution in [-0.2, 0) is 11.3 Å². The second-order valence-corrected chi connectivity index (χ2v) is 6.79. The minimum Gasteiger partial charge on any atom is -0.370 e. The Kier molecular flexibility index (Phi) is 7.01. The molecule has 0 aliphatic carbocycles. The molecule has 132 valence electrons. The SMILES string of the molecule is CNCCNC(=O)[C@@H]1CCCN1Cc1cc(Br)cc(N=C(N)N)c1. The summed E-state index contributed by atoms with van der Waals surface area (Å²) < 4.78 is 0.911. The molecule has 6 N–H and O–H groups in total. The van der Waals surface area contributed by atoms with Crippen LogP contribution in [0.4, 0.5) is 5.69 Å². The van der Waals surface area contributed by atoms with Crippen molar-refractivity contribution in [3.8, 4) is 0 Å². The van der Waals surface area contributed by atoms with Crippen LogP contribution in [0.2, 0.25) is 0 Å². The molecule has 0 aromatic heterocycles. The number of likely N-dealkylation sites (N-methyl/N-ethyl adjacent to an activating group) is 1. The summed E-state index contributed by atoms with van der Waals surface area (Å²) in [5.74, 6) is 0.129. The third-order valence-electron chi connectivity index (χ3n) is 3.93. The van der Waals surface area contributed by atoms with Gasteiger partial charge in [-0.25, -0.2) is 4.99 Å². The van der Waals surface area contributed by atoms with Gasteiger partial charge in [0.2, 0.25) is 5.91 Å². The van der Waals surface area contributed by atoms with Crippen molar-refractivity contribution in [2.24, 2.45) is 16.5 Å². The van der Waals surface area contributed by atoms with Crippen molar-refractivity contribution in [1.29, 1.82) is 0 Å². The standard InChI is InChI=1S/C16H25BrN6O/c1-20-4-5-21-15(24)14-3-2-6-23(14)10-11-7-12(17)9-13(8-11)22-16(18)19/h7-9,14,20H,2-6,10H2,1H3,(H,21,24)(H4,18,19,22)/t14-/m0/s1. The molecule has 1 aromatic carbocycles. The van der Waals surface area contributed by atoms with Gasteiger partial charge in [-0.05, 0) is 50.2 Å². The number of benzene rings is 1. The van der Waals surface area contributed by atoms with Gasteiger partial charge in [-0.3, -0.25) is 9.69 Å². The molecule has 0 spiro atoms. The van der Waals surface area contributed by atoms with Gasteiger partial charge in [0, 0.05) is 24.1 Å². The molecular weight excluding hydrogens is 372 g/mol. The number of aliphatic imine (C=N–C) groups is 1. The number of guanidine groups is 1. The topological polar surface area (TPSA) is 109 Å². The van der Waals surface area contributed by atoms with Crippen molar-refractivity contribution < 1.29 is 4.79 Å². The molecule has 0 bridgehead atoms. The van der Waals surface area contributed by atoms with E-state index in [2.05, 4.69) is 36.5 Å². The minimum absolute atomic E-state index is 0.0296. The molecule has 1 saturated heterocycles. The lowest BCUT2D eigenvalue weighted by atomic mass is 10.1. The number of rotatable bonds is 7. The Bertz CT molecular complexity index is 602. The molecule has 0 saturated carbocycles. The fourth-order valence-corrected chi connectivity index (χ4v) is 3.44. The largest absolute Gasteiger partial charge is 0.370 e. The van der Waals surface area contributed by atoms with Crippen molar-refractivity contribution in [3.63, 3.8) is 0 Å². The van der Waals surface area contributed by atoms with Crippen LogP contribution in [0, 0.1) is 0 Å². The molecule has 1 amide bonds. The molecule has 1 heterocycles. The Labute approximate surface area is 151 Å². The Balaban J connectivity index is 2.05. The van der Waals surface area contributed by atoms with Crippen LogP contribution in [0.15, 0.2) is 27.7 Å². The highest BCUT2D eigenvalue weighted by Crippen LogP contribution is 2.25. The molecule has 7 nitrogen and oxygen atoms in total. The molecule has 0 unspecified atom stereocenters. The van der Waals surface area contributed by atoms with E-state index < -0.39 is 0 Å². The van der Waals surface area contributed by atoms with Gasteiger partial charge in [0.15, 0.2) is 5.96 Å². The number of nitrogens with zero attached hydrogens (tertiary/aromatic N) is 2. The lowest BCUT2D eigenvalue weighted by Gasteiger charge is -2.24. The average molecular weight is 397 g/mol. The van der Waals surface area contributed by atoms with Crippen molar-refractivity contribution in [3.05, 3.63) is 28.2 Å². The normalized spacial score (nSPS) is 17.7. The zero-order valence-electron chi connectivity index (χ0n) is 13.9. The van der Waals surface area contributed by atoms with E-state index in [0.29, 0.717) is 18.8 Å². The molecule has 1 aliphatic rings. The smallest absolute Gasteiger partial charge is 0.237 e. The first kappa shape index (κ1) is 18.7. The number of nitrogens with two attached hydrogens (primary N) is 2. The fraction of sp³-hybridized carbons (Fsp3) is 0.500. The minimum atomic E-state index is -0.0765. The van der Waals surface area contributed by atoms with Crippen LogP contribution in [-0.4, -0.2) is 49.5 Å². The Morgan fingerprint density at radius 2 is 2.17 bits per heavy atom. The summed E-state index contributed by atoms with van der Waals surface area (Å²) in [5, 5.41) is 6.01. The van der Waals surface area contributed by atoms with Gasteiger partial charge in [-0.15, -0.1) is 0 Å². The summed E-state index contributed by atoms with van der Waals surface area (Å²) in [6, 6.07) is 5.75. The Hall–Kier alpha value is -1.64. The van der Waals surface area contributed by atoms with E-state index in [4.69, 9.17) is 11.5 Å². The molecule has 24 heavy (non-hydrogen) atoms. The molecular formula is C16H25BrN6O. The maximum atomic E-state index is 12.4. The van der Waals surface area contributed by atoms with Crippen molar-refractivity contribution >= 4 is 33.5 Å². The van der Waals surface area contributed by atoms with Crippen molar-refractivity contribution in [2.45, 2.75) is 25.4 Å². The molecule has 1 aliphatic heterocycles. The summed E-state index contributed by atoms with van der Waals surface area (Å²) >= 11 is 3.48. The number of halogens is 1. The highest BCUT2D eigenvalue weighted by Gasteiger charge is 2.30. The summed E-state index contributed by atoms with van der Waals surface area (Å²) in [7, 11) is 1.87. The number of amides is 1. The number of carbonyl (C=O) groups excluding carboxylic acids is 1. The maximum absolute atomic E-state index is 12.4. The van der Waals surface area contributed by atoms with Gasteiger partial charge in [-0.2, -0.15) is 0 Å². The quantitative estimate of drug-likeness (QED) is 0.307. The third-order valence-corrected chi connectivity index (χ3v) is 4.38. The second kappa shape index (κ2) is 9.00. The second-order valence-electron chi connectivity index (χ2n) is 5.88. The zero-order valence-corrected chi connectivity index (χ0v) is 15.5. The lowest BCUT2D eigenvalue weighted by molar-refractivity contribution is -0.125. The van der Waals surface area contributed by atoms with Gasteiger partial charge in [-0.1, -0.05) is 15.9 Å². The van der Waals surface area contributed by atoms with E-state index in [1.165, 1.54) is 0 Å². The van der Waals surface area contributed by atoms with E-state index >= 15 is 0 Å². The van der Waals surface area contributed by atoms with Crippen molar-refractivity contribution in [2.75, 3.05) is 26.7 Å². The van der Waals surface area contributed by atoms with E-state index in [1.807, 2.05) is 25.2 Å². The highest BCUT2D eigenvalue weighted by atomic mass is 79.9. The van der Waals surface area contributed by atoms with E-state index in [9.17, 15) is 4.79 Å². The van der Waals surface area contributed by atoms with E-state index in [0.717, 1.165) is 36.0 Å². The number of carbonyl (C=O) groups is 1. The number of likely N-dealkylation sites (tertiary alicyclic amines) is 1. The predicted octanol–water partition coefficient (Wildman–Crippen LogP) is 0.654. The monoisotopic (exact) mass is 396 g/mol. The van der Waals surface area contributed by atoms with Crippen LogP contribution in [0.5, 0.6) is 0 Å². The van der Waals surface area contributed by atoms with Gasteiger partial charge in [0.05, 0.1) is 11.7 Å². The molecule has 1 fully saturated rings. The number of hydrogen-bond acceptors (Lipinski definition) is 4. The van der Waals surface area contributed by atoms with Crippen LogP contribution in [0.25, 0.3) is 0 Å².